The first-order chi connectivity index (χ1) is 14.6. The molecule has 2 aromatic carbocycles. The van der Waals surface area contributed by atoms with Crippen molar-refractivity contribution in [1.82, 2.24) is 20.8 Å². The number of hydrogen-bond acceptors (Lipinski definition) is 6. The third-order valence-corrected chi connectivity index (χ3v) is 5.82. The van der Waals surface area contributed by atoms with Gasteiger partial charge in [-0.05, 0) is 12.1 Å². The number of rotatable bonds is 7. The van der Waals surface area contributed by atoms with Gasteiger partial charge in [-0.25, -0.2) is 4.98 Å². The van der Waals surface area contributed by atoms with E-state index in [1.54, 1.807) is 17.4 Å². The Morgan fingerprint density at radius 3 is 2.63 bits per heavy atom. The Labute approximate surface area is 177 Å². The van der Waals surface area contributed by atoms with Gasteiger partial charge >= 0.3 is 0 Å². The van der Waals surface area contributed by atoms with Gasteiger partial charge in [-0.15, -0.1) is 11.3 Å². The van der Waals surface area contributed by atoms with Crippen molar-refractivity contribution in [3.63, 3.8) is 0 Å². The molecule has 2 N–H and O–H groups in total. The lowest BCUT2D eigenvalue weighted by molar-refractivity contribution is -0.120. The van der Waals surface area contributed by atoms with Crippen LogP contribution in [0, 0.1) is 0 Å². The minimum absolute atomic E-state index is 0.0750. The van der Waals surface area contributed by atoms with Crippen LogP contribution in [0.3, 0.4) is 0 Å². The van der Waals surface area contributed by atoms with Gasteiger partial charge in [-0.3, -0.25) is 9.59 Å². The van der Waals surface area contributed by atoms with Crippen molar-refractivity contribution < 1.29 is 14.1 Å². The van der Waals surface area contributed by atoms with Gasteiger partial charge in [0.25, 0.3) is 5.91 Å². The Morgan fingerprint density at radius 1 is 1.07 bits per heavy atom. The lowest BCUT2D eigenvalue weighted by Gasteiger charge is -2.10. The molecule has 1 unspecified atom stereocenters. The normalized spacial score (nSPS) is 11.9. The van der Waals surface area contributed by atoms with E-state index in [1.165, 1.54) is 0 Å². The fourth-order valence-corrected chi connectivity index (χ4v) is 3.91. The van der Waals surface area contributed by atoms with Crippen molar-refractivity contribution in [2.75, 3.05) is 13.1 Å². The number of thiazole rings is 1. The van der Waals surface area contributed by atoms with Gasteiger partial charge in [0.05, 0.1) is 21.8 Å². The Kier molecular flexibility index (Phi) is 5.85. The van der Waals surface area contributed by atoms with Crippen LogP contribution in [0.1, 0.15) is 28.3 Å². The van der Waals surface area contributed by atoms with Crippen LogP contribution in [0.25, 0.3) is 21.5 Å². The lowest BCUT2D eigenvalue weighted by Crippen LogP contribution is -2.38. The molecule has 152 valence electrons. The molecule has 4 aromatic rings. The monoisotopic (exact) mass is 420 g/mol. The Bertz CT molecular complexity index is 1140. The molecule has 7 nitrogen and oxygen atoms in total. The number of nitrogens with zero attached hydrogens (tertiary/aromatic N) is 2. The topological polar surface area (TPSA) is 97.1 Å². The SMILES string of the molecule is CC(CNC(=O)CNC(=O)c1cc(-c2ccccc2)on1)c1nc2ccccc2s1. The van der Waals surface area contributed by atoms with Crippen molar-refractivity contribution in [1.29, 1.82) is 0 Å². The maximum absolute atomic E-state index is 12.2. The highest BCUT2D eigenvalue weighted by atomic mass is 32.1. The summed E-state index contributed by atoms with van der Waals surface area (Å²) in [6, 6.07) is 18.9. The van der Waals surface area contributed by atoms with E-state index in [0.29, 0.717) is 12.3 Å². The van der Waals surface area contributed by atoms with Gasteiger partial charge in [-0.2, -0.15) is 0 Å². The largest absolute Gasteiger partial charge is 0.355 e. The van der Waals surface area contributed by atoms with Crippen molar-refractivity contribution in [3.8, 4) is 11.3 Å². The average molecular weight is 420 g/mol. The molecule has 30 heavy (non-hydrogen) atoms. The number of hydrogen-bond donors (Lipinski definition) is 2. The van der Waals surface area contributed by atoms with Gasteiger partial charge in [0, 0.05) is 24.1 Å². The van der Waals surface area contributed by atoms with Crippen molar-refractivity contribution in [2.45, 2.75) is 12.8 Å². The average Bonchev–Trinajstić information content (AvgIpc) is 3.44. The highest BCUT2D eigenvalue weighted by molar-refractivity contribution is 7.18. The summed E-state index contributed by atoms with van der Waals surface area (Å²) in [5.74, 6) is -0.167. The second kappa shape index (κ2) is 8.87. The number of benzene rings is 2. The molecule has 0 aliphatic heterocycles. The number of carbonyl (C=O) groups is 2. The summed E-state index contributed by atoms with van der Waals surface area (Å²) in [7, 11) is 0. The van der Waals surface area contributed by atoms with Crippen molar-refractivity contribution in [2.24, 2.45) is 0 Å². The number of para-hydroxylation sites is 1. The first-order valence-corrected chi connectivity index (χ1v) is 10.3. The number of nitrogens with one attached hydrogen (secondary N) is 2. The molecule has 0 saturated carbocycles. The Morgan fingerprint density at radius 2 is 1.83 bits per heavy atom. The summed E-state index contributed by atoms with van der Waals surface area (Å²) in [4.78, 5) is 29.0. The highest BCUT2D eigenvalue weighted by Crippen LogP contribution is 2.26. The minimum atomic E-state index is -0.463. The van der Waals surface area contributed by atoms with Crippen LogP contribution < -0.4 is 10.6 Å². The first kappa shape index (κ1) is 19.8. The Hall–Kier alpha value is -3.52. The van der Waals surface area contributed by atoms with Crippen LogP contribution in [0.15, 0.2) is 65.2 Å². The van der Waals surface area contributed by atoms with Crippen LogP contribution in [0.5, 0.6) is 0 Å². The van der Waals surface area contributed by atoms with Crippen LogP contribution >= 0.6 is 11.3 Å². The zero-order valence-corrected chi connectivity index (χ0v) is 17.1. The molecule has 0 spiro atoms. The summed E-state index contributed by atoms with van der Waals surface area (Å²) >= 11 is 1.62. The first-order valence-electron chi connectivity index (χ1n) is 9.52. The molecule has 0 bridgehead atoms. The van der Waals surface area contributed by atoms with E-state index >= 15 is 0 Å². The molecule has 0 fully saturated rings. The summed E-state index contributed by atoms with van der Waals surface area (Å²) in [5, 5.41) is 10.1. The maximum atomic E-state index is 12.2. The standard InChI is InChI=1S/C22H20N4O3S/c1-14(22-25-16-9-5-6-10-19(16)30-22)12-23-20(27)13-24-21(28)17-11-18(29-26-17)15-7-3-2-4-8-15/h2-11,14H,12-13H2,1H3,(H,23,27)(H,24,28). The summed E-state index contributed by atoms with van der Waals surface area (Å²) in [6.45, 7) is 2.31. The highest BCUT2D eigenvalue weighted by Gasteiger charge is 2.16. The molecular weight excluding hydrogens is 400 g/mol. The number of amides is 2. The van der Waals surface area contributed by atoms with Gasteiger partial charge in [0.2, 0.25) is 5.91 Å². The predicted molar refractivity (Wildman–Crippen MR) is 115 cm³/mol. The van der Waals surface area contributed by atoms with Crippen LogP contribution in [-0.2, 0) is 4.79 Å². The summed E-state index contributed by atoms with van der Waals surface area (Å²) in [5.41, 5.74) is 1.92. The molecule has 0 radical (unpaired) electrons. The van der Waals surface area contributed by atoms with E-state index in [9.17, 15) is 9.59 Å². The molecule has 2 aromatic heterocycles. The zero-order chi connectivity index (χ0) is 20.9. The van der Waals surface area contributed by atoms with E-state index in [1.807, 2.05) is 61.5 Å². The van der Waals surface area contributed by atoms with Crippen molar-refractivity contribution >= 4 is 33.4 Å². The summed E-state index contributed by atoms with van der Waals surface area (Å²) in [6.07, 6.45) is 0. The summed E-state index contributed by atoms with van der Waals surface area (Å²) < 4.78 is 6.34. The molecule has 1 atom stereocenters. The van der Waals surface area contributed by atoms with E-state index in [4.69, 9.17) is 4.52 Å². The fourth-order valence-electron chi connectivity index (χ4n) is 2.89. The number of aromatic nitrogens is 2. The molecule has 0 aliphatic carbocycles. The van der Waals surface area contributed by atoms with Crippen molar-refractivity contribution in [3.05, 3.63) is 71.4 Å². The second-order valence-corrected chi connectivity index (χ2v) is 7.91. The van der Waals surface area contributed by atoms with E-state index in [-0.39, 0.29) is 24.1 Å². The number of carbonyl (C=O) groups excluding carboxylic acids is 2. The van der Waals surface area contributed by atoms with Gasteiger partial charge < -0.3 is 15.2 Å². The van der Waals surface area contributed by atoms with Gasteiger partial charge in [0.15, 0.2) is 11.5 Å². The molecule has 0 saturated heterocycles. The van der Waals surface area contributed by atoms with Crippen LogP contribution in [0.2, 0.25) is 0 Å². The predicted octanol–water partition coefficient (Wildman–Crippen LogP) is 3.60. The fraction of sp³-hybridized carbons (Fsp3) is 0.182. The molecular formula is C22H20N4O3S. The molecule has 2 heterocycles. The smallest absolute Gasteiger partial charge is 0.273 e. The van der Waals surface area contributed by atoms with Gasteiger partial charge in [-0.1, -0.05) is 54.5 Å². The second-order valence-electron chi connectivity index (χ2n) is 6.85. The molecule has 2 amide bonds. The lowest BCUT2D eigenvalue weighted by atomic mass is 10.1. The Balaban J connectivity index is 1.26. The van der Waals surface area contributed by atoms with E-state index in [2.05, 4.69) is 20.8 Å². The minimum Gasteiger partial charge on any atom is -0.355 e. The van der Waals surface area contributed by atoms with Crippen LogP contribution in [0.4, 0.5) is 0 Å². The van der Waals surface area contributed by atoms with E-state index in [0.717, 1.165) is 20.8 Å². The third kappa shape index (κ3) is 4.55. The zero-order valence-electron chi connectivity index (χ0n) is 16.3. The maximum Gasteiger partial charge on any atom is 0.273 e. The molecule has 8 heteroatoms. The number of fused-ring (bicyclic) bond motifs is 1. The van der Waals surface area contributed by atoms with Gasteiger partial charge in [0.1, 0.15) is 0 Å². The van der Waals surface area contributed by atoms with E-state index < -0.39 is 5.91 Å². The van der Waals surface area contributed by atoms with Crippen LogP contribution in [-0.4, -0.2) is 35.0 Å². The third-order valence-electron chi connectivity index (χ3n) is 4.55. The molecule has 0 aliphatic rings. The molecule has 4 rings (SSSR count). The quantitative estimate of drug-likeness (QED) is 0.476.